The molecule has 0 unspecified atom stereocenters. The molecule has 0 fully saturated rings. The van der Waals surface area contributed by atoms with Crippen molar-refractivity contribution in [2.75, 3.05) is 0 Å². The van der Waals surface area contributed by atoms with Gasteiger partial charge >= 0.3 is 29.6 Å². The molecule has 0 atom stereocenters. The predicted octanol–water partition coefficient (Wildman–Crippen LogP) is -1.14. The first-order valence-electron chi connectivity index (χ1n) is 6.55. The molecule has 7 nitrogen and oxygen atoms in total. The number of nitrogens with zero attached hydrogens (tertiary/aromatic N) is 4. The van der Waals surface area contributed by atoms with Crippen LogP contribution in [-0.2, 0) is 15.9 Å². The van der Waals surface area contributed by atoms with Crippen LogP contribution in [0.15, 0.2) is 64.6 Å². The minimum Gasteiger partial charge on any atom is -0.744 e. The van der Waals surface area contributed by atoms with Gasteiger partial charge in [-0.15, -0.1) is 5.10 Å². The number of hydrogen-bond donors (Lipinski definition) is 0. The van der Waals surface area contributed by atoms with Gasteiger partial charge in [0.1, 0.15) is 10.1 Å². The molecule has 0 radical (unpaired) electrons. The van der Waals surface area contributed by atoms with Crippen molar-refractivity contribution in [3.63, 3.8) is 0 Å². The second kappa shape index (κ2) is 8.24. The van der Waals surface area contributed by atoms with Gasteiger partial charge in [-0.3, -0.25) is 0 Å². The molecule has 0 aliphatic heterocycles. The SMILES string of the molecule is O=S(=O)([O-])c1cccc(-n2nnnc2SCc2ccccc2)c1.[Na+]. The molecule has 2 aromatic carbocycles. The average molecular weight is 370 g/mol. The Bertz CT molecular complexity index is 917. The fourth-order valence-electron chi connectivity index (χ4n) is 1.92. The minimum absolute atomic E-state index is 0. The summed E-state index contributed by atoms with van der Waals surface area (Å²) in [5.41, 5.74) is 1.53. The van der Waals surface area contributed by atoms with Crippen LogP contribution in [0.4, 0.5) is 0 Å². The molecule has 24 heavy (non-hydrogen) atoms. The Labute approximate surface area is 165 Å². The molecule has 0 saturated heterocycles. The van der Waals surface area contributed by atoms with E-state index in [0.29, 0.717) is 16.6 Å². The van der Waals surface area contributed by atoms with Gasteiger partial charge in [-0.2, -0.15) is 4.68 Å². The van der Waals surface area contributed by atoms with E-state index in [4.69, 9.17) is 0 Å². The van der Waals surface area contributed by atoms with Gasteiger partial charge in [0.15, 0.2) is 0 Å². The Balaban J connectivity index is 0.00000208. The number of thioether (sulfide) groups is 1. The van der Waals surface area contributed by atoms with E-state index in [9.17, 15) is 13.0 Å². The van der Waals surface area contributed by atoms with E-state index in [2.05, 4.69) is 15.5 Å². The van der Waals surface area contributed by atoms with Crippen LogP contribution in [0.1, 0.15) is 5.56 Å². The number of hydrogen-bond acceptors (Lipinski definition) is 7. The molecule has 0 aliphatic carbocycles. The normalized spacial score (nSPS) is 11.0. The van der Waals surface area contributed by atoms with E-state index < -0.39 is 10.1 Å². The zero-order valence-electron chi connectivity index (χ0n) is 12.7. The van der Waals surface area contributed by atoms with E-state index in [1.165, 1.54) is 34.6 Å². The van der Waals surface area contributed by atoms with Crippen molar-refractivity contribution >= 4 is 21.9 Å². The molecule has 0 saturated carbocycles. The summed E-state index contributed by atoms with van der Waals surface area (Å²) >= 11 is 1.41. The van der Waals surface area contributed by atoms with E-state index in [1.54, 1.807) is 6.07 Å². The molecule has 118 valence electrons. The molecule has 10 heteroatoms. The topological polar surface area (TPSA) is 101 Å². The van der Waals surface area contributed by atoms with Gasteiger partial charge in [-0.05, 0) is 34.2 Å². The summed E-state index contributed by atoms with van der Waals surface area (Å²) in [4.78, 5) is -0.315. The van der Waals surface area contributed by atoms with Gasteiger partial charge in [0.05, 0.1) is 10.6 Å². The molecule has 0 spiro atoms. The van der Waals surface area contributed by atoms with E-state index >= 15 is 0 Å². The summed E-state index contributed by atoms with van der Waals surface area (Å²) in [5, 5.41) is 11.9. The van der Waals surface area contributed by atoms with Crippen LogP contribution in [0.25, 0.3) is 5.69 Å². The Morgan fingerprint density at radius 2 is 1.83 bits per heavy atom. The van der Waals surface area contributed by atoms with Crippen molar-refractivity contribution in [3.05, 3.63) is 60.2 Å². The third kappa shape index (κ3) is 4.65. The molecule has 3 aromatic rings. The van der Waals surface area contributed by atoms with Gasteiger partial charge in [0, 0.05) is 5.75 Å². The Hall–Kier alpha value is -1.23. The number of rotatable bonds is 5. The van der Waals surface area contributed by atoms with Gasteiger partial charge in [0.25, 0.3) is 0 Å². The summed E-state index contributed by atoms with van der Waals surface area (Å²) in [6.07, 6.45) is 0. The van der Waals surface area contributed by atoms with Crippen molar-refractivity contribution in [1.29, 1.82) is 0 Å². The van der Waals surface area contributed by atoms with Gasteiger partial charge in [-0.25, -0.2) is 8.42 Å². The fraction of sp³-hybridized carbons (Fsp3) is 0.0714. The van der Waals surface area contributed by atoms with Crippen LogP contribution < -0.4 is 29.6 Å². The van der Waals surface area contributed by atoms with Gasteiger partial charge < -0.3 is 4.55 Å². The van der Waals surface area contributed by atoms with Crippen molar-refractivity contribution in [2.45, 2.75) is 15.8 Å². The van der Waals surface area contributed by atoms with Crippen LogP contribution in [-0.4, -0.2) is 33.2 Å². The summed E-state index contributed by atoms with van der Waals surface area (Å²) in [7, 11) is -4.52. The molecule has 1 aromatic heterocycles. The van der Waals surface area contributed by atoms with Crippen molar-refractivity contribution in [1.82, 2.24) is 20.2 Å². The molecular weight excluding hydrogens is 359 g/mol. The summed E-state index contributed by atoms with van der Waals surface area (Å²) in [6.45, 7) is 0. The zero-order chi connectivity index (χ0) is 16.3. The van der Waals surface area contributed by atoms with Crippen LogP contribution in [0, 0.1) is 0 Å². The van der Waals surface area contributed by atoms with E-state index in [-0.39, 0.29) is 34.5 Å². The minimum atomic E-state index is -4.52. The predicted molar refractivity (Wildman–Crippen MR) is 83.1 cm³/mol. The molecule has 0 aliphatic rings. The maximum atomic E-state index is 11.1. The first-order chi connectivity index (χ1) is 11.0. The molecular formula is C14H11N4NaO3S2. The zero-order valence-corrected chi connectivity index (χ0v) is 16.4. The maximum Gasteiger partial charge on any atom is 1.00 e. The third-order valence-electron chi connectivity index (χ3n) is 3.00. The van der Waals surface area contributed by atoms with Crippen LogP contribution >= 0.6 is 11.8 Å². The first-order valence-corrected chi connectivity index (χ1v) is 8.95. The first kappa shape index (κ1) is 19.1. The summed E-state index contributed by atoms with van der Waals surface area (Å²) in [5.74, 6) is 0.667. The Kier molecular flexibility index (Phi) is 6.55. The van der Waals surface area contributed by atoms with E-state index in [0.717, 1.165) is 5.56 Å². The smallest absolute Gasteiger partial charge is 0.744 e. The summed E-state index contributed by atoms with van der Waals surface area (Å²) < 4.78 is 34.8. The quantitative estimate of drug-likeness (QED) is 0.318. The van der Waals surface area contributed by atoms with Crippen LogP contribution in [0.5, 0.6) is 0 Å². The largest absolute Gasteiger partial charge is 1.00 e. The summed E-state index contributed by atoms with van der Waals surface area (Å²) in [6, 6.07) is 15.4. The maximum absolute atomic E-state index is 11.1. The fourth-order valence-corrected chi connectivity index (χ4v) is 3.28. The van der Waals surface area contributed by atoms with E-state index in [1.807, 2.05) is 30.3 Å². The standard InChI is InChI=1S/C14H12N4O3S2.Na/c19-23(20,21)13-8-4-7-12(9-13)18-14(15-16-17-18)22-10-11-5-2-1-3-6-11;/h1-9H,10H2,(H,19,20,21);/q;+1/p-1. The molecule has 3 rings (SSSR count). The van der Waals surface area contributed by atoms with Crippen LogP contribution in [0.2, 0.25) is 0 Å². The second-order valence-corrected chi connectivity index (χ2v) is 6.92. The Morgan fingerprint density at radius 1 is 1.08 bits per heavy atom. The molecule has 1 heterocycles. The average Bonchev–Trinajstić information content (AvgIpc) is 3.02. The molecule has 0 bridgehead atoms. The monoisotopic (exact) mass is 370 g/mol. The van der Waals surface area contributed by atoms with Crippen LogP contribution in [0.3, 0.4) is 0 Å². The molecule has 0 amide bonds. The van der Waals surface area contributed by atoms with Gasteiger partial charge in [-0.1, -0.05) is 48.2 Å². The third-order valence-corrected chi connectivity index (χ3v) is 4.82. The van der Waals surface area contributed by atoms with Gasteiger partial charge in [0.2, 0.25) is 5.16 Å². The number of benzene rings is 2. The Morgan fingerprint density at radius 3 is 2.54 bits per heavy atom. The van der Waals surface area contributed by atoms with Crippen molar-refractivity contribution in [2.24, 2.45) is 0 Å². The number of aromatic nitrogens is 4. The van der Waals surface area contributed by atoms with Crippen molar-refractivity contribution < 1.29 is 42.5 Å². The number of tetrazole rings is 1. The second-order valence-electron chi connectivity index (χ2n) is 4.60. The van der Waals surface area contributed by atoms with Crippen molar-refractivity contribution in [3.8, 4) is 5.69 Å². The molecule has 0 N–H and O–H groups in total.